The molecule has 0 atom stereocenters. The number of hydrogen-bond donors (Lipinski definition) is 1. The van der Waals surface area contributed by atoms with Gasteiger partial charge in [0, 0.05) is 36.0 Å². The molecule has 3 aromatic heterocycles. The maximum Gasteiger partial charge on any atom is 0.268 e. The molecule has 0 unspecified atom stereocenters. The van der Waals surface area contributed by atoms with Crippen molar-refractivity contribution in [2.24, 2.45) is 7.05 Å². The minimum Gasteiger partial charge on any atom is -0.368 e. The number of nitrogens with two attached hydrogens (primary N) is 1. The lowest BCUT2D eigenvalue weighted by Crippen LogP contribution is -2.14. The van der Waals surface area contributed by atoms with Gasteiger partial charge in [0.05, 0.1) is 33.1 Å². The lowest BCUT2D eigenvalue weighted by atomic mass is 10.1. The summed E-state index contributed by atoms with van der Waals surface area (Å²) in [6, 6.07) is 19.6. The highest BCUT2D eigenvalue weighted by atomic mass is 32.2. The number of rotatable bonds is 5. The normalized spacial score (nSPS) is 11.8. The Kier molecular flexibility index (Phi) is 5.72. The Labute approximate surface area is 222 Å². The van der Waals surface area contributed by atoms with E-state index in [1.807, 2.05) is 6.07 Å². The molecule has 0 spiro atoms. The van der Waals surface area contributed by atoms with Gasteiger partial charge in [-0.25, -0.2) is 31.1 Å². The van der Waals surface area contributed by atoms with Crippen LogP contribution >= 0.6 is 0 Å². The quantitative estimate of drug-likeness (QED) is 0.318. The van der Waals surface area contributed by atoms with E-state index >= 15 is 0 Å². The van der Waals surface area contributed by atoms with Gasteiger partial charge < -0.3 is 5.73 Å². The second-order valence-electron chi connectivity index (χ2n) is 8.85. The third-order valence-corrected chi connectivity index (χ3v) is 8.14. The Hall–Kier alpha value is -4.90. The third-order valence-electron chi connectivity index (χ3n) is 6.40. The fraction of sp³-hybridized carbons (Fsp3) is 0.0357. The van der Waals surface area contributed by atoms with Crippen LogP contribution in [0.25, 0.3) is 44.7 Å². The van der Waals surface area contributed by atoms with Crippen LogP contribution in [0.5, 0.6) is 0 Å². The molecule has 0 fully saturated rings. The van der Waals surface area contributed by atoms with Crippen molar-refractivity contribution in [3.63, 3.8) is 0 Å². The van der Waals surface area contributed by atoms with Crippen LogP contribution in [-0.4, -0.2) is 32.1 Å². The van der Waals surface area contributed by atoms with E-state index in [1.54, 1.807) is 60.5 Å². The molecule has 3 heterocycles. The van der Waals surface area contributed by atoms with E-state index in [4.69, 9.17) is 5.73 Å². The molecular formula is C28H20F2N6O2S. The summed E-state index contributed by atoms with van der Waals surface area (Å²) in [5, 5.41) is 5.01. The molecule has 0 aliphatic carbocycles. The second kappa shape index (κ2) is 9.14. The number of hydrogen-bond acceptors (Lipinski definition) is 6. The van der Waals surface area contributed by atoms with Crippen molar-refractivity contribution >= 4 is 26.9 Å². The molecular weight excluding hydrogens is 522 g/mol. The summed E-state index contributed by atoms with van der Waals surface area (Å²) in [6.07, 6.45) is 3.14. The van der Waals surface area contributed by atoms with E-state index in [1.165, 1.54) is 24.3 Å². The van der Waals surface area contributed by atoms with Gasteiger partial charge in [-0.1, -0.05) is 30.3 Å². The van der Waals surface area contributed by atoms with Gasteiger partial charge in [-0.2, -0.15) is 5.10 Å². The van der Waals surface area contributed by atoms with Crippen molar-refractivity contribution in [3.8, 4) is 33.8 Å². The van der Waals surface area contributed by atoms with Crippen molar-refractivity contribution in [1.82, 2.24) is 23.7 Å². The zero-order valence-corrected chi connectivity index (χ0v) is 21.3. The molecule has 0 aliphatic rings. The number of anilines is 1. The molecule has 0 saturated carbocycles. The topological polar surface area (TPSA) is 109 Å². The predicted molar refractivity (Wildman–Crippen MR) is 144 cm³/mol. The van der Waals surface area contributed by atoms with E-state index in [2.05, 4.69) is 15.1 Å². The number of nitrogen functional groups attached to an aromatic ring is 1. The Morgan fingerprint density at radius 2 is 1.49 bits per heavy atom. The van der Waals surface area contributed by atoms with E-state index < -0.39 is 27.2 Å². The maximum absolute atomic E-state index is 14.9. The van der Waals surface area contributed by atoms with Gasteiger partial charge in [0.15, 0.2) is 0 Å². The van der Waals surface area contributed by atoms with Gasteiger partial charge in [-0.05, 0) is 48.5 Å². The van der Waals surface area contributed by atoms with E-state index in [0.29, 0.717) is 16.6 Å². The molecule has 0 amide bonds. The molecule has 2 N–H and O–H groups in total. The Balaban J connectivity index is 1.57. The SMILES string of the molecule is Cn1nc(-c2cnc(N)nc2)cc1-c1ccc2c(c1)cc(-c1c(F)cccc1F)n2S(=O)(=O)c1ccccc1. The molecule has 0 radical (unpaired) electrons. The van der Waals surface area contributed by atoms with Crippen molar-refractivity contribution in [1.29, 1.82) is 0 Å². The summed E-state index contributed by atoms with van der Waals surface area (Å²) in [4.78, 5) is 8.01. The van der Waals surface area contributed by atoms with Gasteiger partial charge >= 0.3 is 0 Å². The highest BCUT2D eigenvalue weighted by Gasteiger charge is 2.27. The average Bonchev–Trinajstić information content (AvgIpc) is 3.50. The number of aromatic nitrogens is 5. The molecule has 0 saturated heterocycles. The number of nitrogens with zero attached hydrogens (tertiary/aromatic N) is 5. The maximum atomic E-state index is 14.9. The summed E-state index contributed by atoms with van der Waals surface area (Å²) < 4.78 is 60.1. The smallest absolute Gasteiger partial charge is 0.268 e. The van der Waals surface area contributed by atoms with Crippen LogP contribution < -0.4 is 5.73 Å². The summed E-state index contributed by atoms with van der Waals surface area (Å²) in [5.41, 5.74) is 8.04. The lowest BCUT2D eigenvalue weighted by Gasteiger charge is -2.13. The first kappa shape index (κ1) is 24.4. The number of benzene rings is 3. The Morgan fingerprint density at radius 3 is 2.18 bits per heavy atom. The highest BCUT2D eigenvalue weighted by Crippen LogP contribution is 2.37. The van der Waals surface area contributed by atoms with Gasteiger partial charge in [0.2, 0.25) is 5.95 Å². The van der Waals surface area contributed by atoms with Gasteiger partial charge in [-0.3, -0.25) is 4.68 Å². The molecule has 8 nitrogen and oxygen atoms in total. The minimum atomic E-state index is -4.21. The zero-order valence-electron chi connectivity index (χ0n) is 20.5. The first-order valence-electron chi connectivity index (χ1n) is 11.8. The van der Waals surface area contributed by atoms with Crippen molar-refractivity contribution in [3.05, 3.63) is 103 Å². The predicted octanol–water partition coefficient (Wildman–Crippen LogP) is 5.26. The standard InChI is InChI=1S/C28H20F2N6O2S/c1-35-25(14-23(34-35)19-15-32-28(31)33-16-19)17-10-11-24-18(12-17)13-26(27-21(29)8-5-9-22(27)30)36(24)39(37,38)20-6-3-2-4-7-20/h2-16H,1H3,(H2,31,32,33). The summed E-state index contributed by atoms with van der Waals surface area (Å²) in [5.74, 6) is -1.59. The fourth-order valence-electron chi connectivity index (χ4n) is 4.57. The van der Waals surface area contributed by atoms with Gasteiger partial charge in [-0.15, -0.1) is 0 Å². The number of halogens is 2. The van der Waals surface area contributed by atoms with Crippen LogP contribution in [0.2, 0.25) is 0 Å². The molecule has 194 valence electrons. The summed E-state index contributed by atoms with van der Waals surface area (Å²) in [7, 11) is -2.44. The largest absolute Gasteiger partial charge is 0.368 e. The van der Waals surface area contributed by atoms with Crippen LogP contribution in [0.4, 0.5) is 14.7 Å². The molecule has 6 rings (SSSR count). The fourth-order valence-corrected chi connectivity index (χ4v) is 6.11. The Morgan fingerprint density at radius 1 is 0.795 bits per heavy atom. The van der Waals surface area contributed by atoms with Gasteiger partial charge in [0.25, 0.3) is 10.0 Å². The molecule has 39 heavy (non-hydrogen) atoms. The number of fused-ring (bicyclic) bond motifs is 1. The van der Waals surface area contributed by atoms with Crippen LogP contribution in [0.15, 0.2) is 96.2 Å². The highest BCUT2D eigenvalue weighted by molar-refractivity contribution is 7.90. The van der Waals surface area contributed by atoms with Crippen molar-refractivity contribution in [2.75, 3.05) is 5.73 Å². The average molecular weight is 543 g/mol. The third kappa shape index (κ3) is 4.12. The first-order valence-corrected chi connectivity index (χ1v) is 13.2. The Bertz CT molecular complexity index is 1950. The van der Waals surface area contributed by atoms with Crippen molar-refractivity contribution < 1.29 is 17.2 Å². The molecule has 3 aromatic carbocycles. The van der Waals surface area contributed by atoms with E-state index in [-0.39, 0.29) is 22.1 Å². The lowest BCUT2D eigenvalue weighted by molar-refractivity contribution is 0.583. The van der Waals surface area contributed by atoms with Crippen LogP contribution in [0.3, 0.4) is 0 Å². The van der Waals surface area contributed by atoms with Crippen LogP contribution in [0, 0.1) is 11.6 Å². The van der Waals surface area contributed by atoms with Crippen LogP contribution in [0.1, 0.15) is 0 Å². The zero-order chi connectivity index (χ0) is 27.3. The first-order chi connectivity index (χ1) is 18.7. The van der Waals surface area contributed by atoms with Crippen molar-refractivity contribution in [2.45, 2.75) is 4.90 Å². The molecule has 0 aliphatic heterocycles. The van der Waals surface area contributed by atoms with Crippen LogP contribution in [-0.2, 0) is 17.1 Å². The second-order valence-corrected chi connectivity index (χ2v) is 10.6. The molecule has 11 heteroatoms. The minimum absolute atomic E-state index is 0.00781. The molecule has 0 bridgehead atoms. The molecule has 6 aromatic rings. The van der Waals surface area contributed by atoms with E-state index in [0.717, 1.165) is 27.4 Å². The monoisotopic (exact) mass is 542 g/mol. The summed E-state index contributed by atoms with van der Waals surface area (Å²) in [6.45, 7) is 0. The number of aryl methyl sites for hydroxylation is 1. The van der Waals surface area contributed by atoms with Gasteiger partial charge in [0.1, 0.15) is 11.6 Å². The summed E-state index contributed by atoms with van der Waals surface area (Å²) >= 11 is 0. The van der Waals surface area contributed by atoms with E-state index in [9.17, 15) is 17.2 Å².